The maximum atomic E-state index is 12.4. The quantitative estimate of drug-likeness (QED) is 0.558. The predicted octanol–water partition coefficient (Wildman–Crippen LogP) is 2.31. The third-order valence-electron chi connectivity index (χ3n) is 4.82. The Hall–Kier alpha value is -2.52. The minimum absolute atomic E-state index is 0.0562. The summed E-state index contributed by atoms with van der Waals surface area (Å²) < 4.78 is 31.7. The summed E-state index contributed by atoms with van der Waals surface area (Å²) in [5.41, 5.74) is 2.82. The first-order valence-corrected chi connectivity index (χ1v) is 11.5. The molecule has 0 unspecified atom stereocenters. The third-order valence-corrected chi connectivity index (χ3v) is 6.21. The molecule has 0 fully saturated rings. The number of ether oxygens (including phenoxy) is 1. The van der Waals surface area contributed by atoms with Crippen LogP contribution < -0.4 is 10.0 Å². The van der Waals surface area contributed by atoms with E-state index in [1.54, 1.807) is 12.2 Å². The summed E-state index contributed by atoms with van der Waals surface area (Å²) in [5.74, 6) is -0.300. The van der Waals surface area contributed by atoms with Crippen molar-refractivity contribution in [1.29, 1.82) is 0 Å². The van der Waals surface area contributed by atoms with Crippen LogP contribution in [0.1, 0.15) is 13.3 Å². The molecule has 0 spiro atoms. The van der Waals surface area contributed by atoms with Gasteiger partial charge in [0, 0.05) is 5.69 Å². The van der Waals surface area contributed by atoms with Crippen LogP contribution in [0, 0.1) is 0 Å². The smallest absolute Gasteiger partial charge is 0.227 e. The minimum atomic E-state index is -3.44. The summed E-state index contributed by atoms with van der Waals surface area (Å²) in [4.78, 5) is 12.4. The molecule has 2 aromatic carbocycles. The zero-order chi connectivity index (χ0) is 21.6. The molecule has 0 saturated carbocycles. The predicted molar refractivity (Wildman–Crippen MR) is 116 cm³/mol. The molecule has 3 rings (SSSR count). The van der Waals surface area contributed by atoms with Crippen molar-refractivity contribution < 1.29 is 23.1 Å². The van der Waals surface area contributed by atoms with E-state index < -0.39 is 28.3 Å². The second-order valence-electron chi connectivity index (χ2n) is 7.02. The number of benzene rings is 2. The van der Waals surface area contributed by atoms with E-state index >= 15 is 0 Å². The molecule has 1 aliphatic heterocycles. The number of aliphatic hydroxyl groups is 1. The fourth-order valence-corrected chi connectivity index (χ4v) is 3.98. The number of aliphatic hydroxyl groups excluding tert-OH is 1. The van der Waals surface area contributed by atoms with Crippen LogP contribution >= 0.6 is 0 Å². The molecule has 3 N–H and O–H groups in total. The molecule has 3 atom stereocenters. The van der Waals surface area contributed by atoms with Gasteiger partial charge in [0.15, 0.2) is 0 Å². The van der Waals surface area contributed by atoms with Crippen LogP contribution in [-0.2, 0) is 19.6 Å². The lowest BCUT2D eigenvalue weighted by Crippen LogP contribution is -2.49. The second kappa shape index (κ2) is 9.99. The van der Waals surface area contributed by atoms with E-state index in [0.29, 0.717) is 5.69 Å². The van der Waals surface area contributed by atoms with Crippen LogP contribution in [0.5, 0.6) is 0 Å². The highest BCUT2D eigenvalue weighted by Crippen LogP contribution is 2.22. The van der Waals surface area contributed by atoms with E-state index in [2.05, 4.69) is 10.0 Å². The van der Waals surface area contributed by atoms with E-state index in [0.717, 1.165) is 11.1 Å². The van der Waals surface area contributed by atoms with Crippen molar-refractivity contribution in [2.45, 2.75) is 31.6 Å². The largest absolute Gasteiger partial charge is 0.394 e. The Bertz CT molecular complexity index is 974. The van der Waals surface area contributed by atoms with Crippen LogP contribution in [0.2, 0.25) is 0 Å². The second-order valence-corrected chi connectivity index (χ2v) is 9.07. The molecule has 0 bridgehead atoms. The number of amides is 1. The van der Waals surface area contributed by atoms with Crippen molar-refractivity contribution in [3.8, 4) is 11.1 Å². The maximum Gasteiger partial charge on any atom is 0.227 e. The van der Waals surface area contributed by atoms with Crippen molar-refractivity contribution in [2.24, 2.45) is 0 Å². The maximum absolute atomic E-state index is 12.4. The SMILES string of the molecule is CCS(=O)(=O)N[C@H]1C=C[C@@H](CC(=O)Nc2ccc(-c3ccccc3)cc2)O[C@H]1CO. The van der Waals surface area contributed by atoms with Crippen LogP contribution in [0.25, 0.3) is 11.1 Å². The van der Waals surface area contributed by atoms with Crippen molar-refractivity contribution in [1.82, 2.24) is 4.72 Å². The summed E-state index contributed by atoms with van der Waals surface area (Å²) in [5, 5.41) is 12.4. The first-order valence-electron chi connectivity index (χ1n) is 9.80. The van der Waals surface area contributed by atoms with E-state index in [4.69, 9.17) is 4.74 Å². The topological polar surface area (TPSA) is 105 Å². The molecular weight excluding hydrogens is 404 g/mol. The summed E-state index contributed by atoms with van der Waals surface area (Å²) in [7, 11) is -3.44. The molecule has 0 saturated heterocycles. The molecule has 160 valence electrons. The molecule has 1 amide bonds. The number of nitrogens with one attached hydrogen (secondary N) is 2. The van der Waals surface area contributed by atoms with Crippen LogP contribution in [0.4, 0.5) is 5.69 Å². The van der Waals surface area contributed by atoms with Gasteiger partial charge in [0.05, 0.1) is 30.9 Å². The first-order chi connectivity index (χ1) is 14.4. The highest BCUT2D eigenvalue weighted by atomic mass is 32.2. The molecule has 1 heterocycles. The number of sulfonamides is 1. The highest BCUT2D eigenvalue weighted by molar-refractivity contribution is 7.89. The summed E-state index contributed by atoms with van der Waals surface area (Å²) in [6.45, 7) is 1.17. The minimum Gasteiger partial charge on any atom is -0.394 e. The Balaban J connectivity index is 1.57. The van der Waals surface area contributed by atoms with E-state index in [-0.39, 0.29) is 24.7 Å². The van der Waals surface area contributed by atoms with E-state index in [1.807, 2.05) is 54.6 Å². The number of hydrogen-bond donors (Lipinski definition) is 3. The van der Waals surface area contributed by atoms with Gasteiger partial charge in [-0.3, -0.25) is 4.79 Å². The Morgan fingerprint density at radius 1 is 1.03 bits per heavy atom. The van der Waals surface area contributed by atoms with Gasteiger partial charge in [-0.2, -0.15) is 0 Å². The van der Waals surface area contributed by atoms with Gasteiger partial charge in [-0.25, -0.2) is 13.1 Å². The average Bonchev–Trinajstić information content (AvgIpc) is 2.75. The standard InChI is InChI=1S/C22H26N2O5S/c1-2-30(27,28)24-20-13-12-19(29-21(20)15-25)14-22(26)23-18-10-8-17(9-11-18)16-6-4-3-5-7-16/h3-13,19-21,24-25H,2,14-15H2,1H3,(H,23,26)/t19-,20-,21-/m0/s1. The Morgan fingerprint density at radius 3 is 2.33 bits per heavy atom. The molecule has 1 aliphatic rings. The molecule has 30 heavy (non-hydrogen) atoms. The van der Waals surface area contributed by atoms with Gasteiger partial charge in [-0.15, -0.1) is 0 Å². The van der Waals surface area contributed by atoms with Gasteiger partial charge < -0.3 is 15.2 Å². The molecule has 0 radical (unpaired) electrons. The molecule has 2 aromatic rings. The van der Waals surface area contributed by atoms with Gasteiger partial charge in [0.1, 0.15) is 6.10 Å². The van der Waals surface area contributed by atoms with Crippen molar-refractivity contribution in [3.05, 3.63) is 66.7 Å². The normalized spacial score (nSPS) is 21.3. The Kier molecular flexibility index (Phi) is 7.38. The van der Waals surface area contributed by atoms with Crippen molar-refractivity contribution in [3.63, 3.8) is 0 Å². The molecule has 8 heteroatoms. The van der Waals surface area contributed by atoms with E-state index in [9.17, 15) is 18.3 Å². The van der Waals surface area contributed by atoms with E-state index in [1.165, 1.54) is 6.92 Å². The molecule has 0 aliphatic carbocycles. The average molecular weight is 431 g/mol. The fraction of sp³-hybridized carbons (Fsp3) is 0.318. The van der Waals surface area contributed by atoms with Crippen LogP contribution in [0.3, 0.4) is 0 Å². The fourth-order valence-electron chi connectivity index (χ4n) is 3.17. The van der Waals surface area contributed by atoms with Gasteiger partial charge >= 0.3 is 0 Å². The van der Waals surface area contributed by atoms with Gasteiger partial charge in [-0.1, -0.05) is 54.6 Å². The third kappa shape index (κ3) is 5.99. The molecular formula is C22H26N2O5S. The van der Waals surface area contributed by atoms with Crippen LogP contribution in [-0.4, -0.2) is 50.0 Å². The lowest BCUT2D eigenvalue weighted by Gasteiger charge is -2.31. The number of carbonyl (C=O) groups excluding carboxylic acids is 1. The summed E-state index contributed by atoms with van der Waals surface area (Å²) >= 11 is 0. The zero-order valence-electron chi connectivity index (χ0n) is 16.7. The number of rotatable bonds is 8. The molecule has 7 nitrogen and oxygen atoms in total. The lowest BCUT2D eigenvalue weighted by molar-refractivity contribution is -0.120. The van der Waals surface area contributed by atoms with Crippen molar-refractivity contribution in [2.75, 3.05) is 17.7 Å². The highest BCUT2D eigenvalue weighted by Gasteiger charge is 2.30. The van der Waals surface area contributed by atoms with Gasteiger partial charge in [0.2, 0.25) is 15.9 Å². The summed E-state index contributed by atoms with van der Waals surface area (Å²) in [6.07, 6.45) is 2.03. The zero-order valence-corrected chi connectivity index (χ0v) is 17.5. The van der Waals surface area contributed by atoms with Crippen molar-refractivity contribution >= 4 is 21.6 Å². The van der Waals surface area contributed by atoms with Crippen LogP contribution in [0.15, 0.2) is 66.7 Å². The molecule has 0 aromatic heterocycles. The number of anilines is 1. The first kappa shape index (κ1) is 22.2. The number of carbonyl (C=O) groups is 1. The van der Waals surface area contributed by atoms with Gasteiger partial charge in [-0.05, 0) is 30.2 Å². The Morgan fingerprint density at radius 2 is 1.70 bits per heavy atom. The lowest BCUT2D eigenvalue weighted by atomic mass is 10.0. The Labute approximate surface area is 176 Å². The monoisotopic (exact) mass is 430 g/mol. The van der Waals surface area contributed by atoms with Gasteiger partial charge in [0.25, 0.3) is 0 Å². The summed E-state index contributed by atoms with van der Waals surface area (Å²) in [6, 6.07) is 16.8. The number of hydrogen-bond acceptors (Lipinski definition) is 5.